The molecule has 0 aliphatic heterocycles. The van der Waals surface area contributed by atoms with Gasteiger partial charge in [-0.2, -0.15) is 0 Å². The summed E-state index contributed by atoms with van der Waals surface area (Å²) in [5, 5.41) is 32.3. The number of amides is 6. The van der Waals surface area contributed by atoms with Gasteiger partial charge in [0.2, 0.25) is 35.4 Å². The number of halogens is 2. The number of ketones is 2. The highest BCUT2D eigenvalue weighted by Crippen LogP contribution is 2.41. The second-order valence-electron chi connectivity index (χ2n) is 18.8. The van der Waals surface area contributed by atoms with Gasteiger partial charge in [-0.3, -0.25) is 43.2 Å². The number of aromatic nitrogens is 1. The summed E-state index contributed by atoms with van der Waals surface area (Å²) in [7, 11) is 0. The third-order valence-corrected chi connectivity index (χ3v) is 11.8. The fourth-order valence-corrected chi connectivity index (χ4v) is 8.00. The fourth-order valence-electron chi connectivity index (χ4n) is 8.00. The average molecular weight is 991 g/mol. The van der Waals surface area contributed by atoms with Gasteiger partial charge in [0, 0.05) is 62.0 Å². The van der Waals surface area contributed by atoms with Crippen molar-refractivity contribution in [2.45, 2.75) is 104 Å². The normalized spacial score (nSPS) is 14.8. The quantitative estimate of drug-likeness (QED) is 0.0447. The van der Waals surface area contributed by atoms with Crippen LogP contribution in [0.1, 0.15) is 84.5 Å². The Morgan fingerprint density at radius 3 is 2.07 bits per heavy atom. The fraction of sp³-hybridized carbons (Fsp3) is 0.460. The standard InChI is InChI=1S/C50H64F2N8O11/c1-28(2)44(58-42(65)24-34-39(62)15-16-40(34)63)48(69)56-29(3)46(67)57-37(47(68)55-20-19-54-41(64)17-14-36(53)49(70)71)18-21-60(43(66)27-61)45(50(4,5)6)38-22-31(33-23-32(51)12-13-35(33)52)26-59(38)25-30-10-8-7-9-11-30/h7-13,15-16,22-23,26,28-29,34,36-37,44-45,61H,14,17-21,24-25,27,53H2,1-6H3,(H,54,64)(H,55,68)(H,56,69)(H,57,67)(H,58,65)(H,70,71)/t29-,36-,37-,44-,45-/m0/s1. The van der Waals surface area contributed by atoms with E-state index in [0.29, 0.717) is 11.3 Å². The number of hydrogen-bond donors (Lipinski definition) is 8. The van der Waals surface area contributed by atoms with Crippen LogP contribution in [0.2, 0.25) is 0 Å². The van der Waals surface area contributed by atoms with Crippen molar-refractivity contribution in [1.82, 2.24) is 36.1 Å². The molecule has 0 radical (unpaired) electrons. The van der Waals surface area contributed by atoms with E-state index in [9.17, 15) is 52.6 Å². The Balaban J connectivity index is 1.63. The molecule has 384 valence electrons. The molecular formula is C50H64F2N8O11. The molecule has 9 N–H and O–H groups in total. The SMILES string of the molecule is CC(C)[C@H](NC(=O)CC1C(=O)C=CC1=O)C(=O)N[C@@H](C)C(=O)N[C@@H](CCN(C(=O)CO)[C@@H](c1cc(-c2cc(F)ccc2F)cn1Cc1ccccc1)C(C)(C)C)C(=O)NCCNC(=O)CC[C@H](N)C(=O)O. The second-order valence-corrected chi connectivity index (χ2v) is 18.8. The van der Waals surface area contributed by atoms with Crippen LogP contribution in [0.3, 0.4) is 0 Å². The summed E-state index contributed by atoms with van der Waals surface area (Å²) in [4.78, 5) is 117. The van der Waals surface area contributed by atoms with Crippen molar-refractivity contribution in [3.05, 3.63) is 95.8 Å². The van der Waals surface area contributed by atoms with E-state index in [1.807, 2.05) is 51.1 Å². The molecule has 2 aromatic carbocycles. The van der Waals surface area contributed by atoms with Crippen molar-refractivity contribution in [3.8, 4) is 11.1 Å². The van der Waals surface area contributed by atoms with Crippen LogP contribution in [-0.4, -0.2) is 123 Å². The molecule has 0 unspecified atom stereocenters. The minimum absolute atomic E-state index is 0.0388. The Morgan fingerprint density at radius 1 is 0.817 bits per heavy atom. The van der Waals surface area contributed by atoms with Crippen LogP contribution < -0.4 is 32.3 Å². The zero-order valence-corrected chi connectivity index (χ0v) is 40.6. The van der Waals surface area contributed by atoms with Gasteiger partial charge in [-0.05, 0) is 73.1 Å². The lowest BCUT2D eigenvalue weighted by Crippen LogP contribution is -2.57. The molecule has 3 aromatic rings. The van der Waals surface area contributed by atoms with Crippen LogP contribution in [0.4, 0.5) is 8.78 Å². The van der Waals surface area contributed by atoms with E-state index in [1.165, 1.54) is 11.8 Å². The molecular weight excluding hydrogens is 927 g/mol. The summed E-state index contributed by atoms with van der Waals surface area (Å²) in [5.74, 6) is -9.95. The lowest BCUT2D eigenvalue weighted by Gasteiger charge is -2.41. The summed E-state index contributed by atoms with van der Waals surface area (Å²) >= 11 is 0. The van der Waals surface area contributed by atoms with E-state index < -0.39 is 125 Å². The first-order valence-corrected chi connectivity index (χ1v) is 23.2. The molecule has 6 amide bonds. The Morgan fingerprint density at radius 2 is 1.46 bits per heavy atom. The number of nitrogens with two attached hydrogens (primary N) is 1. The third kappa shape index (κ3) is 16.2. The number of aliphatic hydroxyl groups excluding tert-OH is 1. The molecule has 19 nitrogen and oxygen atoms in total. The van der Waals surface area contributed by atoms with E-state index in [1.54, 1.807) is 30.7 Å². The molecule has 0 saturated carbocycles. The zero-order chi connectivity index (χ0) is 52.7. The van der Waals surface area contributed by atoms with Crippen molar-refractivity contribution < 1.29 is 62.1 Å². The van der Waals surface area contributed by atoms with Crippen LogP contribution in [0.5, 0.6) is 0 Å². The Kier molecular flexibility index (Phi) is 20.4. The lowest BCUT2D eigenvalue weighted by atomic mass is 9.82. The maximum atomic E-state index is 15.3. The maximum Gasteiger partial charge on any atom is 0.320 e. The largest absolute Gasteiger partial charge is 0.480 e. The van der Waals surface area contributed by atoms with Crippen molar-refractivity contribution in [1.29, 1.82) is 0 Å². The number of nitrogens with zero attached hydrogens (tertiary/aromatic N) is 2. The monoisotopic (exact) mass is 990 g/mol. The zero-order valence-electron chi connectivity index (χ0n) is 40.6. The van der Waals surface area contributed by atoms with Gasteiger partial charge >= 0.3 is 5.97 Å². The maximum absolute atomic E-state index is 15.3. The van der Waals surface area contributed by atoms with Crippen LogP contribution >= 0.6 is 0 Å². The molecule has 0 fully saturated rings. The highest BCUT2D eigenvalue weighted by molar-refractivity contribution is 6.20. The van der Waals surface area contributed by atoms with Crippen molar-refractivity contribution in [2.75, 3.05) is 26.2 Å². The third-order valence-electron chi connectivity index (χ3n) is 11.8. The summed E-state index contributed by atoms with van der Waals surface area (Å²) in [5.41, 5.74) is 6.20. The first-order valence-electron chi connectivity index (χ1n) is 23.2. The molecule has 4 rings (SSSR count). The molecule has 1 heterocycles. The van der Waals surface area contributed by atoms with Crippen molar-refractivity contribution >= 4 is 53.0 Å². The Bertz CT molecular complexity index is 2450. The minimum atomic E-state index is -1.44. The smallest absolute Gasteiger partial charge is 0.320 e. The average Bonchev–Trinajstić information content (AvgIpc) is 3.86. The van der Waals surface area contributed by atoms with Gasteiger partial charge in [-0.25, -0.2) is 8.78 Å². The predicted octanol–water partition coefficient (Wildman–Crippen LogP) is 2.05. The summed E-state index contributed by atoms with van der Waals surface area (Å²) in [6, 6.07) is 7.75. The van der Waals surface area contributed by atoms with Gasteiger partial charge in [0.1, 0.15) is 42.4 Å². The molecule has 1 aromatic heterocycles. The summed E-state index contributed by atoms with van der Waals surface area (Å²) < 4.78 is 31.7. The van der Waals surface area contributed by atoms with E-state index in [4.69, 9.17) is 10.8 Å². The molecule has 1 aliphatic carbocycles. The van der Waals surface area contributed by atoms with Gasteiger partial charge in [0.05, 0.1) is 12.0 Å². The molecule has 0 bridgehead atoms. The second kappa shape index (κ2) is 25.6. The van der Waals surface area contributed by atoms with Crippen molar-refractivity contribution in [3.63, 3.8) is 0 Å². The Hall–Kier alpha value is -7.13. The number of aliphatic carboxylic acids is 1. The van der Waals surface area contributed by atoms with Crippen LogP contribution in [0, 0.1) is 28.9 Å². The highest BCUT2D eigenvalue weighted by atomic mass is 19.1. The first kappa shape index (κ1) is 56.5. The topological polar surface area (TPSA) is 288 Å². The number of carboxylic acid groups (broad SMARTS) is 1. The number of allylic oxidation sites excluding steroid dienone is 2. The van der Waals surface area contributed by atoms with Gasteiger partial charge in [0.25, 0.3) is 0 Å². The number of hydrogen-bond acceptors (Lipinski definition) is 11. The van der Waals surface area contributed by atoms with Gasteiger partial charge < -0.3 is 52.0 Å². The number of carbonyl (C=O) groups is 9. The van der Waals surface area contributed by atoms with Crippen LogP contribution in [0.15, 0.2) is 72.9 Å². The first-order chi connectivity index (χ1) is 33.4. The molecule has 0 spiro atoms. The summed E-state index contributed by atoms with van der Waals surface area (Å²) in [6.07, 6.45) is 2.66. The van der Waals surface area contributed by atoms with E-state index in [-0.39, 0.29) is 51.0 Å². The highest BCUT2D eigenvalue weighted by Gasteiger charge is 2.39. The summed E-state index contributed by atoms with van der Waals surface area (Å²) in [6.45, 7) is 8.74. The molecule has 1 aliphatic rings. The minimum Gasteiger partial charge on any atom is -0.480 e. The van der Waals surface area contributed by atoms with Crippen LogP contribution in [0.25, 0.3) is 11.1 Å². The van der Waals surface area contributed by atoms with E-state index in [2.05, 4.69) is 26.6 Å². The Labute approximate surface area is 410 Å². The van der Waals surface area contributed by atoms with E-state index >= 15 is 4.39 Å². The molecule has 21 heteroatoms. The number of benzene rings is 2. The number of aliphatic hydroxyl groups is 1. The van der Waals surface area contributed by atoms with Gasteiger partial charge in [-0.1, -0.05) is 65.0 Å². The predicted molar refractivity (Wildman–Crippen MR) is 255 cm³/mol. The number of carboxylic acids is 1. The van der Waals surface area contributed by atoms with Gasteiger partial charge in [-0.15, -0.1) is 0 Å². The number of nitrogens with one attached hydrogen (secondary N) is 5. The number of rotatable bonds is 25. The van der Waals surface area contributed by atoms with Crippen molar-refractivity contribution in [2.24, 2.45) is 23.0 Å². The molecule has 5 atom stereocenters. The number of carbonyl (C=O) groups excluding carboxylic acids is 8. The lowest BCUT2D eigenvalue weighted by molar-refractivity contribution is -0.140. The van der Waals surface area contributed by atoms with Gasteiger partial charge in [0.15, 0.2) is 11.6 Å². The van der Waals surface area contributed by atoms with E-state index in [0.717, 1.165) is 35.9 Å². The molecule has 0 saturated heterocycles. The molecule has 71 heavy (non-hydrogen) atoms. The van der Waals surface area contributed by atoms with Crippen LogP contribution in [-0.2, 0) is 49.7 Å².